The van der Waals surface area contributed by atoms with Crippen LogP contribution in [0.15, 0.2) is 0 Å². The molecular formula is C11H22N2O3S2. The van der Waals surface area contributed by atoms with Crippen LogP contribution in [0.3, 0.4) is 0 Å². The Kier molecular flexibility index (Phi) is 5.32. The van der Waals surface area contributed by atoms with E-state index in [1.54, 1.807) is 4.31 Å². The third-order valence-electron chi connectivity index (χ3n) is 3.59. The standard InChI is InChI=1S/C11H22N2O3S2/c14-10-11-4-1-2-6-13(11)18(15,16)12-5-3-8-17-9-7-12/h11,14H,1-10H2. The van der Waals surface area contributed by atoms with Crippen molar-refractivity contribution in [1.29, 1.82) is 0 Å². The molecule has 5 nitrogen and oxygen atoms in total. The number of aliphatic hydroxyl groups is 1. The van der Waals surface area contributed by atoms with Crippen LogP contribution in [0.4, 0.5) is 0 Å². The molecule has 0 aliphatic carbocycles. The molecule has 2 aliphatic heterocycles. The maximum Gasteiger partial charge on any atom is 0.282 e. The first-order valence-electron chi connectivity index (χ1n) is 6.62. The van der Waals surface area contributed by atoms with Crippen LogP contribution in [0.2, 0.25) is 0 Å². The van der Waals surface area contributed by atoms with Crippen LogP contribution in [-0.2, 0) is 10.2 Å². The highest BCUT2D eigenvalue weighted by atomic mass is 32.2. The molecule has 0 saturated carbocycles. The minimum atomic E-state index is -3.38. The first kappa shape index (κ1) is 14.6. The zero-order chi connectivity index (χ0) is 13.0. The second kappa shape index (κ2) is 6.56. The topological polar surface area (TPSA) is 60.9 Å². The van der Waals surface area contributed by atoms with E-state index in [9.17, 15) is 13.5 Å². The van der Waals surface area contributed by atoms with Crippen LogP contribution in [0.1, 0.15) is 25.7 Å². The predicted molar refractivity (Wildman–Crippen MR) is 73.9 cm³/mol. The highest BCUT2D eigenvalue weighted by Gasteiger charge is 2.36. The van der Waals surface area contributed by atoms with Gasteiger partial charge in [-0.25, -0.2) is 0 Å². The fraction of sp³-hybridized carbons (Fsp3) is 1.00. The van der Waals surface area contributed by atoms with Crippen molar-refractivity contribution in [2.24, 2.45) is 0 Å². The molecule has 106 valence electrons. The van der Waals surface area contributed by atoms with Crippen molar-refractivity contribution in [1.82, 2.24) is 8.61 Å². The summed E-state index contributed by atoms with van der Waals surface area (Å²) in [6.07, 6.45) is 3.60. The van der Waals surface area contributed by atoms with E-state index in [2.05, 4.69) is 0 Å². The summed E-state index contributed by atoms with van der Waals surface area (Å²) >= 11 is 1.81. The van der Waals surface area contributed by atoms with Gasteiger partial charge in [-0.05, 0) is 25.0 Å². The van der Waals surface area contributed by atoms with Crippen molar-refractivity contribution in [3.8, 4) is 0 Å². The number of hydrogen-bond donors (Lipinski definition) is 1. The number of nitrogens with zero attached hydrogens (tertiary/aromatic N) is 2. The lowest BCUT2D eigenvalue weighted by molar-refractivity contribution is 0.148. The van der Waals surface area contributed by atoms with Crippen LogP contribution >= 0.6 is 11.8 Å². The number of hydrogen-bond acceptors (Lipinski definition) is 4. The Hall–Kier alpha value is 0.180. The van der Waals surface area contributed by atoms with Crippen molar-refractivity contribution in [3.63, 3.8) is 0 Å². The molecule has 2 aliphatic rings. The van der Waals surface area contributed by atoms with Gasteiger partial charge in [0.15, 0.2) is 0 Å². The van der Waals surface area contributed by atoms with Crippen LogP contribution in [0.25, 0.3) is 0 Å². The number of thioether (sulfide) groups is 1. The zero-order valence-corrected chi connectivity index (χ0v) is 12.3. The Balaban J connectivity index is 2.12. The summed E-state index contributed by atoms with van der Waals surface area (Å²) in [5.41, 5.74) is 0. The SMILES string of the molecule is O=S(=O)(N1CCCSCC1)N1CCCCC1CO. The van der Waals surface area contributed by atoms with Gasteiger partial charge >= 0.3 is 0 Å². The number of rotatable bonds is 3. The minimum absolute atomic E-state index is 0.0676. The summed E-state index contributed by atoms with van der Waals surface area (Å²) in [4.78, 5) is 0. The molecule has 0 aromatic rings. The molecule has 0 radical (unpaired) electrons. The predicted octanol–water partition coefficient (Wildman–Crippen LogP) is 0.517. The van der Waals surface area contributed by atoms with E-state index in [0.29, 0.717) is 19.6 Å². The van der Waals surface area contributed by atoms with Crippen LogP contribution in [0.5, 0.6) is 0 Å². The summed E-state index contributed by atoms with van der Waals surface area (Å²) in [6, 6.07) is -0.223. The minimum Gasteiger partial charge on any atom is -0.395 e. The lowest BCUT2D eigenvalue weighted by atomic mass is 10.1. The smallest absolute Gasteiger partial charge is 0.282 e. The highest BCUT2D eigenvalue weighted by molar-refractivity contribution is 7.99. The maximum atomic E-state index is 12.6. The summed E-state index contributed by atoms with van der Waals surface area (Å²) in [6.45, 7) is 1.70. The average molecular weight is 294 g/mol. The summed E-state index contributed by atoms with van der Waals surface area (Å²) in [5.74, 6) is 1.91. The molecule has 2 fully saturated rings. The van der Waals surface area contributed by atoms with Gasteiger partial charge in [0.05, 0.1) is 6.61 Å². The first-order valence-corrected chi connectivity index (χ1v) is 9.17. The van der Waals surface area contributed by atoms with E-state index >= 15 is 0 Å². The van der Waals surface area contributed by atoms with E-state index in [-0.39, 0.29) is 12.6 Å². The molecule has 0 aromatic heterocycles. The molecule has 2 rings (SSSR count). The van der Waals surface area contributed by atoms with Gasteiger partial charge in [0, 0.05) is 31.4 Å². The van der Waals surface area contributed by atoms with Crippen molar-refractivity contribution in [3.05, 3.63) is 0 Å². The molecule has 18 heavy (non-hydrogen) atoms. The van der Waals surface area contributed by atoms with E-state index in [1.165, 1.54) is 4.31 Å². The molecule has 0 bridgehead atoms. The maximum absolute atomic E-state index is 12.6. The first-order chi connectivity index (χ1) is 8.66. The van der Waals surface area contributed by atoms with Crippen LogP contribution < -0.4 is 0 Å². The molecule has 0 spiro atoms. The van der Waals surface area contributed by atoms with Crippen molar-refractivity contribution < 1.29 is 13.5 Å². The van der Waals surface area contributed by atoms with Crippen LogP contribution in [0, 0.1) is 0 Å². The van der Waals surface area contributed by atoms with E-state index in [4.69, 9.17) is 0 Å². The van der Waals surface area contributed by atoms with Crippen molar-refractivity contribution in [2.45, 2.75) is 31.7 Å². The van der Waals surface area contributed by atoms with E-state index < -0.39 is 10.2 Å². The summed E-state index contributed by atoms with van der Waals surface area (Å²) < 4.78 is 28.3. The van der Waals surface area contributed by atoms with Gasteiger partial charge in [-0.3, -0.25) is 0 Å². The zero-order valence-electron chi connectivity index (χ0n) is 10.6. The lowest BCUT2D eigenvalue weighted by Gasteiger charge is -2.36. The second-order valence-corrected chi connectivity index (χ2v) is 7.92. The molecular weight excluding hydrogens is 272 g/mol. The third-order valence-corrected chi connectivity index (χ3v) is 6.73. The van der Waals surface area contributed by atoms with Gasteiger partial charge < -0.3 is 5.11 Å². The van der Waals surface area contributed by atoms with E-state index in [0.717, 1.165) is 37.2 Å². The van der Waals surface area contributed by atoms with Crippen molar-refractivity contribution >= 4 is 22.0 Å². The summed E-state index contributed by atoms with van der Waals surface area (Å²) in [5, 5.41) is 9.35. The molecule has 1 unspecified atom stereocenters. The third kappa shape index (κ3) is 3.19. The van der Waals surface area contributed by atoms with Gasteiger partial charge in [0.1, 0.15) is 0 Å². The highest BCUT2D eigenvalue weighted by Crippen LogP contribution is 2.24. The van der Waals surface area contributed by atoms with Gasteiger partial charge in [0.25, 0.3) is 10.2 Å². The Bertz CT molecular complexity index is 353. The monoisotopic (exact) mass is 294 g/mol. The number of aliphatic hydroxyl groups excluding tert-OH is 1. The molecule has 2 heterocycles. The fourth-order valence-corrected chi connectivity index (χ4v) is 5.45. The molecule has 0 aromatic carbocycles. The van der Waals surface area contributed by atoms with Gasteiger partial charge in [-0.2, -0.15) is 28.8 Å². The molecule has 1 atom stereocenters. The normalized spacial score (nSPS) is 29.1. The van der Waals surface area contributed by atoms with Crippen molar-refractivity contribution in [2.75, 3.05) is 37.7 Å². The van der Waals surface area contributed by atoms with Crippen LogP contribution in [-0.4, -0.2) is 65.9 Å². The molecule has 2 saturated heterocycles. The Labute approximate surface area is 114 Å². The summed E-state index contributed by atoms with van der Waals surface area (Å²) in [7, 11) is -3.38. The van der Waals surface area contributed by atoms with E-state index in [1.807, 2.05) is 11.8 Å². The van der Waals surface area contributed by atoms with Gasteiger partial charge in [0.2, 0.25) is 0 Å². The quantitative estimate of drug-likeness (QED) is 0.824. The van der Waals surface area contributed by atoms with Gasteiger partial charge in [-0.15, -0.1) is 0 Å². The fourth-order valence-electron chi connectivity index (χ4n) is 2.56. The average Bonchev–Trinajstić information content (AvgIpc) is 2.68. The largest absolute Gasteiger partial charge is 0.395 e. The Morgan fingerprint density at radius 3 is 2.72 bits per heavy atom. The molecule has 0 amide bonds. The Morgan fingerprint density at radius 1 is 1.11 bits per heavy atom. The Morgan fingerprint density at radius 2 is 1.94 bits per heavy atom. The second-order valence-electron chi connectivity index (χ2n) is 4.82. The lowest BCUT2D eigenvalue weighted by Crippen LogP contribution is -2.52. The number of piperidine rings is 1. The molecule has 1 N–H and O–H groups in total. The molecule has 7 heteroatoms. The van der Waals surface area contributed by atoms with Gasteiger partial charge in [-0.1, -0.05) is 6.42 Å².